The Balaban J connectivity index is 2.28. The van der Waals surface area contributed by atoms with Crippen LogP contribution in [0.4, 0.5) is 4.39 Å². The van der Waals surface area contributed by atoms with E-state index in [4.69, 9.17) is 0 Å². The Morgan fingerprint density at radius 2 is 2.24 bits per heavy atom. The van der Waals surface area contributed by atoms with E-state index < -0.39 is 0 Å². The molecule has 0 bridgehead atoms. The van der Waals surface area contributed by atoms with E-state index in [1.54, 1.807) is 6.20 Å². The molecule has 2 rings (SSSR count). The van der Waals surface area contributed by atoms with Gasteiger partial charge in [0.05, 0.1) is 0 Å². The van der Waals surface area contributed by atoms with Crippen LogP contribution in [-0.2, 0) is 13.6 Å². The molecule has 2 aromatic rings. The number of nitrogens with one attached hydrogen (secondary N) is 1. The van der Waals surface area contributed by atoms with Gasteiger partial charge in [-0.25, -0.2) is 9.37 Å². The lowest BCUT2D eigenvalue weighted by molar-refractivity contribution is 0.593. The predicted octanol–water partition coefficient (Wildman–Crippen LogP) is 2.34. The first-order valence-corrected chi connectivity index (χ1v) is 5.69. The quantitative estimate of drug-likeness (QED) is 0.878. The summed E-state index contributed by atoms with van der Waals surface area (Å²) in [5, 5.41) is 3.11. The first kappa shape index (κ1) is 11.8. The first-order chi connectivity index (χ1) is 8.22. The fourth-order valence-corrected chi connectivity index (χ4v) is 1.73. The van der Waals surface area contributed by atoms with E-state index in [9.17, 15) is 4.39 Å². The lowest BCUT2D eigenvalue weighted by atomic mass is 10.1. The van der Waals surface area contributed by atoms with Crippen LogP contribution >= 0.6 is 0 Å². The number of benzene rings is 1. The zero-order valence-corrected chi connectivity index (χ0v) is 10.1. The number of hydrogen-bond donors (Lipinski definition) is 1. The van der Waals surface area contributed by atoms with E-state index in [2.05, 4.69) is 10.3 Å². The normalized spacial score (nSPS) is 10.8. The molecule has 0 aliphatic rings. The molecule has 1 aromatic heterocycles. The molecule has 90 valence electrons. The van der Waals surface area contributed by atoms with E-state index in [1.807, 2.05) is 36.9 Å². The minimum Gasteiger partial charge on any atom is -0.334 e. The van der Waals surface area contributed by atoms with Gasteiger partial charge in [-0.3, -0.25) is 0 Å². The number of aromatic nitrogens is 2. The highest BCUT2D eigenvalue weighted by Gasteiger charge is 2.07. The standard InChI is InChI=1S/C13H16FN3/c1-3-15-9-11-5-4-10(8-12(11)14)13-16-6-7-17(13)2/h4-8,15H,3,9H2,1-2H3. The molecule has 0 aliphatic heterocycles. The summed E-state index contributed by atoms with van der Waals surface area (Å²) in [6, 6.07) is 5.25. The molecular weight excluding hydrogens is 217 g/mol. The molecule has 0 unspecified atom stereocenters. The Morgan fingerprint density at radius 3 is 2.82 bits per heavy atom. The highest BCUT2D eigenvalue weighted by Crippen LogP contribution is 2.19. The van der Waals surface area contributed by atoms with Crippen molar-refractivity contribution in [2.75, 3.05) is 6.54 Å². The van der Waals surface area contributed by atoms with Crippen LogP contribution in [0.1, 0.15) is 12.5 Å². The van der Waals surface area contributed by atoms with Crippen molar-refractivity contribution < 1.29 is 4.39 Å². The third kappa shape index (κ3) is 2.53. The van der Waals surface area contributed by atoms with Crippen LogP contribution in [-0.4, -0.2) is 16.1 Å². The number of nitrogens with zero attached hydrogens (tertiary/aromatic N) is 2. The van der Waals surface area contributed by atoms with Crippen LogP contribution in [0.3, 0.4) is 0 Å². The average molecular weight is 233 g/mol. The van der Waals surface area contributed by atoms with Gasteiger partial charge in [0.1, 0.15) is 11.6 Å². The van der Waals surface area contributed by atoms with Crippen molar-refractivity contribution in [2.24, 2.45) is 7.05 Å². The van der Waals surface area contributed by atoms with Gasteiger partial charge >= 0.3 is 0 Å². The highest BCUT2D eigenvalue weighted by molar-refractivity contribution is 5.56. The molecular formula is C13H16FN3. The molecule has 0 spiro atoms. The van der Waals surface area contributed by atoms with Gasteiger partial charge in [-0.2, -0.15) is 0 Å². The molecule has 1 N–H and O–H groups in total. The number of imidazole rings is 1. The van der Waals surface area contributed by atoms with Gasteiger partial charge in [0, 0.05) is 37.1 Å². The number of rotatable bonds is 4. The van der Waals surface area contributed by atoms with E-state index in [0.717, 1.165) is 17.9 Å². The van der Waals surface area contributed by atoms with Crippen molar-refractivity contribution in [2.45, 2.75) is 13.5 Å². The summed E-state index contributed by atoms with van der Waals surface area (Å²) < 4.78 is 15.7. The largest absolute Gasteiger partial charge is 0.334 e. The Bertz CT molecular complexity index is 505. The summed E-state index contributed by atoms with van der Waals surface area (Å²) in [4.78, 5) is 4.20. The Kier molecular flexibility index (Phi) is 3.54. The molecule has 1 heterocycles. The van der Waals surface area contributed by atoms with Crippen molar-refractivity contribution >= 4 is 0 Å². The van der Waals surface area contributed by atoms with Gasteiger partial charge in [-0.1, -0.05) is 19.1 Å². The highest BCUT2D eigenvalue weighted by atomic mass is 19.1. The summed E-state index contributed by atoms with van der Waals surface area (Å²) in [6.07, 6.45) is 3.56. The maximum absolute atomic E-state index is 13.8. The van der Waals surface area contributed by atoms with Crippen LogP contribution in [0.15, 0.2) is 30.6 Å². The van der Waals surface area contributed by atoms with Gasteiger partial charge in [0.25, 0.3) is 0 Å². The molecule has 1 aromatic carbocycles. The summed E-state index contributed by atoms with van der Waals surface area (Å²) in [5.41, 5.74) is 1.49. The van der Waals surface area contributed by atoms with Gasteiger partial charge < -0.3 is 9.88 Å². The Labute approximate surface area is 100 Å². The van der Waals surface area contributed by atoms with Gasteiger partial charge in [0.15, 0.2) is 0 Å². The third-order valence-corrected chi connectivity index (χ3v) is 2.70. The number of aryl methyl sites for hydroxylation is 1. The molecule has 3 nitrogen and oxygen atoms in total. The van der Waals surface area contributed by atoms with Crippen LogP contribution in [0, 0.1) is 5.82 Å². The molecule has 0 atom stereocenters. The minimum atomic E-state index is -0.188. The summed E-state index contributed by atoms with van der Waals surface area (Å²) in [5.74, 6) is 0.588. The van der Waals surface area contributed by atoms with E-state index in [0.29, 0.717) is 12.1 Å². The molecule has 4 heteroatoms. The van der Waals surface area contributed by atoms with Crippen LogP contribution in [0.2, 0.25) is 0 Å². The summed E-state index contributed by atoms with van der Waals surface area (Å²) in [6.45, 7) is 3.39. The molecule has 0 fully saturated rings. The second-order valence-electron chi connectivity index (χ2n) is 3.95. The zero-order valence-electron chi connectivity index (χ0n) is 10.1. The average Bonchev–Trinajstić information content (AvgIpc) is 2.74. The van der Waals surface area contributed by atoms with Crippen molar-refractivity contribution in [3.8, 4) is 11.4 Å². The molecule has 0 aliphatic carbocycles. The molecule has 0 saturated carbocycles. The molecule has 17 heavy (non-hydrogen) atoms. The molecule has 0 saturated heterocycles. The fraction of sp³-hybridized carbons (Fsp3) is 0.308. The molecule has 0 amide bonds. The summed E-state index contributed by atoms with van der Waals surface area (Å²) in [7, 11) is 1.90. The number of halogens is 1. The first-order valence-electron chi connectivity index (χ1n) is 5.69. The van der Waals surface area contributed by atoms with Crippen molar-refractivity contribution in [1.29, 1.82) is 0 Å². The van der Waals surface area contributed by atoms with Crippen LogP contribution in [0.25, 0.3) is 11.4 Å². The van der Waals surface area contributed by atoms with Crippen LogP contribution < -0.4 is 5.32 Å². The third-order valence-electron chi connectivity index (χ3n) is 2.70. The maximum atomic E-state index is 13.8. The topological polar surface area (TPSA) is 29.9 Å². The minimum absolute atomic E-state index is 0.188. The smallest absolute Gasteiger partial charge is 0.139 e. The van der Waals surface area contributed by atoms with Crippen molar-refractivity contribution in [3.05, 3.63) is 42.0 Å². The second-order valence-corrected chi connectivity index (χ2v) is 3.95. The predicted molar refractivity (Wildman–Crippen MR) is 66.0 cm³/mol. The molecule has 0 radical (unpaired) electrons. The van der Waals surface area contributed by atoms with Crippen molar-refractivity contribution in [3.63, 3.8) is 0 Å². The Hall–Kier alpha value is -1.68. The maximum Gasteiger partial charge on any atom is 0.139 e. The lowest BCUT2D eigenvalue weighted by Gasteiger charge is -2.06. The van der Waals surface area contributed by atoms with E-state index in [1.165, 1.54) is 6.07 Å². The van der Waals surface area contributed by atoms with E-state index in [-0.39, 0.29) is 5.82 Å². The lowest BCUT2D eigenvalue weighted by Crippen LogP contribution is -2.12. The van der Waals surface area contributed by atoms with Crippen LogP contribution in [0.5, 0.6) is 0 Å². The second kappa shape index (κ2) is 5.10. The van der Waals surface area contributed by atoms with Gasteiger partial charge in [-0.15, -0.1) is 0 Å². The fourth-order valence-electron chi connectivity index (χ4n) is 1.73. The van der Waals surface area contributed by atoms with Gasteiger partial charge in [-0.05, 0) is 12.6 Å². The zero-order chi connectivity index (χ0) is 12.3. The van der Waals surface area contributed by atoms with E-state index >= 15 is 0 Å². The van der Waals surface area contributed by atoms with Crippen molar-refractivity contribution in [1.82, 2.24) is 14.9 Å². The SMILES string of the molecule is CCNCc1ccc(-c2nccn2C)cc1F. The Morgan fingerprint density at radius 1 is 1.41 bits per heavy atom. The van der Waals surface area contributed by atoms with Gasteiger partial charge in [0.2, 0.25) is 0 Å². The number of hydrogen-bond acceptors (Lipinski definition) is 2. The summed E-state index contributed by atoms with van der Waals surface area (Å²) >= 11 is 0. The monoisotopic (exact) mass is 233 g/mol.